The minimum atomic E-state index is -1.20. The third-order valence-electron chi connectivity index (χ3n) is 3.29. The number of fused-ring (bicyclic) bond motifs is 1. The number of hydrogen-bond donors (Lipinski definition) is 3. The van der Waals surface area contributed by atoms with Crippen molar-refractivity contribution < 1.29 is 19.5 Å². The summed E-state index contributed by atoms with van der Waals surface area (Å²) in [7, 11) is 0. The van der Waals surface area contributed by atoms with Crippen molar-refractivity contribution in [2.75, 3.05) is 0 Å². The summed E-state index contributed by atoms with van der Waals surface area (Å²) in [6.45, 7) is 0. The summed E-state index contributed by atoms with van der Waals surface area (Å²) >= 11 is 0. The van der Waals surface area contributed by atoms with Crippen molar-refractivity contribution in [3.63, 3.8) is 0 Å². The summed E-state index contributed by atoms with van der Waals surface area (Å²) in [6, 6.07) is 11.5. The number of rotatable bonds is 6. The molecule has 0 aliphatic heterocycles. The number of amides is 2. The molecule has 2 aromatic rings. The lowest BCUT2D eigenvalue weighted by Crippen LogP contribution is -2.41. The van der Waals surface area contributed by atoms with Gasteiger partial charge in [0.25, 0.3) is 5.91 Å². The first-order chi connectivity index (χ1) is 10.5. The number of benzene rings is 2. The molecule has 6 heteroatoms. The molecular weight excluding hydrogens is 284 g/mol. The summed E-state index contributed by atoms with van der Waals surface area (Å²) in [4.78, 5) is 34.0. The van der Waals surface area contributed by atoms with E-state index < -0.39 is 23.8 Å². The average Bonchev–Trinajstić information content (AvgIpc) is 2.50. The van der Waals surface area contributed by atoms with Gasteiger partial charge in [-0.1, -0.05) is 30.3 Å². The number of nitrogens with two attached hydrogens (primary N) is 1. The maximum Gasteiger partial charge on any atom is 0.326 e. The molecule has 6 nitrogen and oxygen atoms in total. The molecule has 0 saturated carbocycles. The second-order valence-electron chi connectivity index (χ2n) is 4.93. The SMILES string of the molecule is NC(=O)CCC(NC(=O)c1ccc2ccccc2c1)C(=O)O. The number of hydrogen-bond acceptors (Lipinski definition) is 3. The van der Waals surface area contributed by atoms with Crippen LogP contribution in [0.15, 0.2) is 42.5 Å². The number of primary amides is 1. The summed E-state index contributed by atoms with van der Waals surface area (Å²) < 4.78 is 0. The Labute approximate surface area is 126 Å². The van der Waals surface area contributed by atoms with E-state index in [0.717, 1.165) is 10.8 Å². The molecule has 0 heterocycles. The zero-order chi connectivity index (χ0) is 16.1. The van der Waals surface area contributed by atoms with Crippen molar-refractivity contribution >= 4 is 28.6 Å². The molecule has 114 valence electrons. The minimum Gasteiger partial charge on any atom is -0.480 e. The molecule has 0 aliphatic rings. The van der Waals surface area contributed by atoms with Gasteiger partial charge in [0.05, 0.1) is 0 Å². The van der Waals surface area contributed by atoms with Gasteiger partial charge >= 0.3 is 5.97 Å². The average molecular weight is 300 g/mol. The third kappa shape index (κ3) is 3.82. The van der Waals surface area contributed by atoms with E-state index in [-0.39, 0.29) is 12.8 Å². The number of carboxylic acid groups (broad SMARTS) is 1. The lowest BCUT2D eigenvalue weighted by molar-refractivity contribution is -0.139. The van der Waals surface area contributed by atoms with E-state index >= 15 is 0 Å². The number of aliphatic carboxylic acids is 1. The predicted molar refractivity (Wildman–Crippen MR) is 81.3 cm³/mol. The molecule has 0 bridgehead atoms. The van der Waals surface area contributed by atoms with E-state index in [9.17, 15) is 14.4 Å². The Morgan fingerprint density at radius 3 is 2.41 bits per heavy atom. The molecule has 0 aliphatic carbocycles. The van der Waals surface area contributed by atoms with Gasteiger partial charge in [0.1, 0.15) is 6.04 Å². The number of carbonyl (C=O) groups excluding carboxylic acids is 2. The van der Waals surface area contributed by atoms with Crippen LogP contribution >= 0.6 is 0 Å². The lowest BCUT2D eigenvalue weighted by atomic mass is 10.1. The van der Waals surface area contributed by atoms with Gasteiger partial charge in [0.2, 0.25) is 5.91 Å². The van der Waals surface area contributed by atoms with Gasteiger partial charge in [-0.05, 0) is 29.3 Å². The van der Waals surface area contributed by atoms with E-state index in [1.54, 1.807) is 18.2 Å². The topological polar surface area (TPSA) is 109 Å². The minimum absolute atomic E-state index is 0.0377. The van der Waals surface area contributed by atoms with Crippen molar-refractivity contribution in [2.45, 2.75) is 18.9 Å². The Kier molecular flexibility index (Phi) is 4.73. The molecule has 0 radical (unpaired) electrons. The van der Waals surface area contributed by atoms with E-state index in [2.05, 4.69) is 5.32 Å². The molecule has 4 N–H and O–H groups in total. The molecule has 2 rings (SSSR count). The van der Waals surface area contributed by atoms with Crippen LogP contribution in [0.5, 0.6) is 0 Å². The van der Waals surface area contributed by atoms with Crippen LogP contribution in [-0.2, 0) is 9.59 Å². The largest absolute Gasteiger partial charge is 0.480 e. The summed E-state index contributed by atoms with van der Waals surface area (Å²) in [6.07, 6.45) is -0.140. The van der Waals surface area contributed by atoms with Crippen LogP contribution in [0.4, 0.5) is 0 Å². The van der Waals surface area contributed by atoms with Gasteiger partial charge in [0, 0.05) is 12.0 Å². The van der Waals surface area contributed by atoms with E-state index in [1.165, 1.54) is 0 Å². The third-order valence-corrected chi connectivity index (χ3v) is 3.29. The van der Waals surface area contributed by atoms with E-state index in [0.29, 0.717) is 5.56 Å². The fourth-order valence-corrected chi connectivity index (χ4v) is 2.12. The highest BCUT2D eigenvalue weighted by molar-refractivity contribution is 6.00. The maximum atomic E-state index is 12.2. The van der Waals surface area contributed by atoms with Crippen LogP contribution in [0, 0.1) is 0 Å². The Hall–Kier alpha value is -2.89. The fraction of sp³-hybridized carbons (Fsp3) is 0.188. The number of nitrogens with one attached hydrogen (secondary N) is 1. The molecular formula is C16H16N2O4. The Morgan fingerprint density at radius 2 is 1.77 bits per heavy atom. The van der Waals surface area contributed by atoms with Gasteiger partial charge in [-0.2, -0.15) is 0 Å². The van der Waals surface area contributed by atoms with Crippen LogP contribution in [0.3, 0.4) is 0 Å². The molecule has 0 saturated heterocycles. The smallest absolute Gasteiger partial charge is 0.326 e. The van der Waals surface area contributed by atoms with Crippen LogP contribution < -0.4 is 11.1 Å². The van der Waals surface area contributed by atoms with Crippen LogP contribution in [0.25, 0.3) is 10.8 Å². The number of carboxylic acids is 1. The molecule has 2 aromatic carbocycles. The van der Waals surface area contributed by atoms with Crippen molar-refractivity contribution in [1.29, 1.82) is 0 Å². The van der Waals surface area contributed by atoms with Crippen molar-refractivity contribution in [3.8, 4) is 0 Å². The zero-order valence-electron chi connectivity index (χ0n) is 11.8. The molecule has 22 heavy (non-hydrogen) atoms. The first-order valence-corrected chi connectivity index (χ1v) is 6.78. The standard InChI is InChI=1S/C16H16N2O4/c17-14(19)8-7-13(16(21)22)18-15(20)12-6-5-10-3-1-2-4-11(10)9-12/h1-6,9,13H,7-8H2,(H2,17,19)(H,18,20)(H,21,22). The highest BCUT2D eigenvalue weighted by Crippen LogP contribution is 2.15. The van der Waals surface area contributed by atoms with Gasteiger partial charge < -0.3 is 16.2 Å². The van der Waals surface area contributed by atoms with Crippen LogP contribution in [-0.4, -0.2) is 28.9 Å². The molecule has 1 atom stereocenters. The second-order valence-corrected chi connectivity index (χ2v) is 4.93. The molecule has 0 aromatic heterocycles. The van der Waals surface area contributed by atoms with Gasteiger partial charge in [-0.3, -0.25) is 9.59 Å². The van der Waals surface area contributed by atoms with Crippen molar-refractivity contribution in [1.82, 2.24) is 5.32 Å². The summed E-state index contributed by atoms with van der Waals surface area (Å²) in [5.41, 5.74) is 5.37. The molecule has 0 fully saturated rings. The van der Waals surface area contributed by atoms with Gasteiger partial charge in [0.15, 0.2) is 0 Å². The Bertz CT molecular complexity index is 727. The normalized spacial score (nSPS) is 11.8. The van der Waals surface area contributed by atoms with Crippen LogP contribution in [0.1, 0.15) is 23.2 Å². The molecule has 1 unspecified atom stereocenters. The zero-order valence-corrected chi connectivity index (χ0v) is 11.8. The molecule has 2 amide bonds. The van der Waals surface area contributed by atoms with Crippen molar-refractivity contribution in [2.24, 2.45) is 5.73 Å². The van der Waals surface area contributed by atoms with Crippen molar-refractivity contribution in [3.05, 3.63) is 48.0 Å². The highest BCUT2D eigenvalue weighted by Gasteiger charge is 2.21. The van der Waals surface area contributed by atoms with Gasteiger partial charge in [-0.15, -0.1) is 0 Å². The highest BCUT2D eigenvalue weighted by atomic mass is 16.4. The quantitative estimate of drug-likeness (QED) is 0.746. The second kappa shape index (κ2) is 6.71. The molecule has 0 spiro atoms. The van der Waals surface area contributed by atoms with Gasteiger partial charge in [-0.25, -0.2) is 4.79 Å². The Morgan fingerprint density at radius 1 is 1.09 bits per heavy atom. The first kappa shape index (κ1) is 15.5. The fourth-order valence-electron chi connectivity index (χ4n) is 2.12. The predicted octanol–water partition coefficient (Wildman–Crippen LogP) is 1.29. The summed E-state index contributed by atoms with van der Waals surface area (Å²) in [5, 5.41) is 13.4. The van der Waals surface area contributed by atoms with E-state index in [4.69, 9.17) is 10.8 Å². The first-order valence-electron chi connectivity index (χ1n) is 6.78. The Balaban J connectivity index is 2.14. The summed E-state index contributed by atoms with van der Waals surface area (Å²) in [5.74, 6) is -2.30. The van der Waals surface area contributed by atoms with Crippen LogP contribution in [0.2, 0.25) is 0 Å². The lowest BCUT2D eigenvalue weighted by Gasteiger charge is -2.14. The maximum absolute atomic E-state index is 12.2. The number of carbonyl (C=O) groups is 3. The van der Waals surface area contributed by atoms with E-state index in [1.807, 2.05) is 24.3 Å². The monoisotopic (exact) mass is 300 g/mol.